The molecule has 0 spiro atoms. The van der Waals surface area contributed by atoms with E-state index in [1.165, 1.54) is 6.92 Å². The number of nitriles is 1. The summed E-state index contributed by atoms with van der Waals surface area (Å²) in [6.45, 7) is 1.27. The summed E-state index contributed by atoms with van der Waals surface area (Å²) in [5.41, 5.74) is -0.311. The lowest BCUT2D eigenvalue weighted by molar-refractivity contribution is -0.274. The third-order valence-electron chi connectivity index (χ3n) is 2.12. The minimum Gasteiger partial charge on any atom is -0.465 e. The van der Waals surface area contributed by atoms with Gasteiger partial charge in [0.05, 0.1) is 24.3 Å². The lowest BCUT2D eigenvalue weighted by atomic mass is 10.0. The maximum atomic E-state index is 12.2. The number of halogens is 3. The fourth-order valence-corrected chi connectivity index (χ4v) is 1.30. The molecule has 0 aliphatic heterocycles. The maximum Gasteiger partial charge on any atom is 0.573 e. The molecule has 1 aromatic carbocycles. The molecule has 0 N–H and O–H groups in total. The van der Waals surface area contributed by atoms with Gasteiger partial charge in [-0.25, -0.2) is 4.79 Å². The van der Waals surface area contributed by atoms with Crippen LogP contribution >= 0.6 is 0 Å². The summed E-state index contributed by atoms with van der Waals surface area (Å²) in [4.78, 5) is 11.4. The Morgan fingerprint density at radius 1 is 1.39 bits per heavy atom. The molecule has 0 atom stereocenters. The molecule has 4 nitrogen and oxygen atoms in total. The summed E-state index contributed by atoms with van der Waals surface area (Å²) < 4.78 is 44.6. The predicted octanol–water partition coefficient (Wildman–Crippen LogP) is 2.55. The van der Waals surface area contributed by atoms with Crippen LogP contribution in [0.1, 0.15) is 21.5 Å². The average molecular weight is 259 g/mol. The maximum absolute atomic E-state index is 12.2. The van der Waals surface area contributed by atoms with E-state index >= 15 is 0 Å². The summed E-state index contributed by atoms with van der Waals surface area (Å²) >= 11 is 0. The Bertz CT molecular complexity index is 517. The lowest BCUT2D eigenvalue weighted by Gasteiger charge is -2.13. The molecule has 0 radical (unpaired) electrons. The highest BCUT2D eigenvalue weighted by atomic mass is 19.4. The first-order chi connectivity index (χ1) is 8.28. The van der Waals surface area contributed by atoms with Crippen molar-refractivity contribution >= 4 is 5.97 Å². The topological polar surface area (TPSA) is 59.3 Å². The number of nitrogens with zero attached hydrogens (tertiary/aromatic N) is 1. The third-order valence-corrected chi connectivity index (χ3v) is 2.12. The van der Waals surface area contributed by atoms with Crippen LogP contribution in [0.4, 0.5) is 13.2 Å². The zero-order chi connectivity index (χ0) is 13.9. The summed E-state index contributed by atoms with van der Waals surface area (Å²) in [5, 5.41) is 8.69. The van der Waals surface area contributed by atoms with Gasteiger partial charge in [0.2, 0.25) is 0 Å². The van der Waals surface area contributed by atoms with Crippen molar-refractivity contribution in [3.63, 3.8) is 0 Å². The highest BCUT2D eigenvalue weighted by molar-refractivity contribution is 5.92. The second-order valence-electron chi connectivity index (χ2n) is 3.30. The summed E-state index contributed by atoms with van der Waals surface area (Å²) in [7, 11) is 1.09. The van der Waals surface area contributed by atoms with E-state index in [0.29, 0.717) is 0 Å². The largest absolute Gasteiger partial charge is 0.573 e. The third kappa shape index (κ3) is 3.13. The first kappa shape index (κ1) is 13.8. The van der Waals surface area contributed by atoms with Crippen molar-refractivity contribution < 1.29 is 27.4 Å². The molecule has 7 heteroatoms. The standard InChI is InChI=1S/C11H8F3NO3/c1-6-8(10(16)17-2)3-7(5-15)4-9(6)18-11(12,13)14/h3-4H,1-2H3. The van der Waals surface area contributed by atoms with Crippen LogP contribution in [0, 0.1) is 18.3 Å². The molecule has 0 fully saturated rings. The summed E-state index contributed by atoms with van der Waals surface area (Å²) in [6.07, 6.45) is -4.90. The monoisotopic (exact) mass is 259 g/mol. The van der Waals surface area contributed by atoms with Gasteiger partial charge in [-0.1, -0.05) is 0 Å². The number of hydrogen-bond donors (Lipinski definition) is 0. The van der Waals surface area contributed by atoms with Crippen LogP contribution < -0.4 is 4.74 Å². The highest BCUT2D eigenvalue weighted by Gasteiger charge is 2.32. The molecule has 0 unspecified atom stereocenters. The van der Waals surface area contributed by atoms with Crippen molar-refractivity contribution in [2.75, 3.05) is 7.11 Å². The van der Waals surface area contributed by atoms with Gasteiger partial charge in [-0.3, -0.25) is 0 Å². The van der Waals surface area contributed by atoms with Crippen molar-refractivity contribution in [2.45, 2.75) is 13.3 Å². The molecule has 1 rings (SSSR count). The normalized spacial score (nSPS) is 10.7. The Labute approximate surface area is 101 Å². The molecule has 0 bridgehead atoms. The quantitative estimate of drug-likeness (QED) is 0.766. The van der Waals surface area contributed by atoms with E-state index < -0.39 is 18.1 Å². The van der Waals surface area contributed by atoms with Gasteiger partial charge in [-0.15, -0.1) is 13.2 Å². The van der Waals surface area contributed by atoms with Gasteiger partial charge in [0.15, 0.2) is 0 Å². The average Bonchev–Trinajstić information content (AvgIpc) is 2.29. The molecule has 1 aromatic rings. The number of esters is 1. The minimum atomic E-state index is -4.90. The summed E-state index contributed by atoms with van der Waals surface area (Å²) in [6, 6.07) is 3.70. The molecule has 96 valence electrons. The van der Waals surface area contributed by atoms with Crippen molar-refractivity contribution in [1.82, 2.24) is 0 Å². The van der Waals surface area contributed by atoms with E-state index in [1.54, 1.807) is 6.07 Å². The van der Waals surface area contributed by atoms with E-state index in [1.807, 2.05) is 0 Å². The predicted molar refractivity (Wildman–Crippen MR) is 53.9 cm³/mol. The second-order valence-corrected chi connectivity index (χ2v) is 3.30. The number of rotatable bonds is 2. The number of ether oxygens (including phenoxy) is 2. The van der Waals surface area contributed by atoms with Crippen LogP contribution in [-0.4, -0.2) is 19.4 Å². The zero-order valence-corrected chi connectivity index (χ0v) is 9.46. The molecule has 0 aromatic heterocycles. The van der Waals surface area contributed by atoms with E-state index in [4.69, 9.17) is 5.26 Å². The van der Waals surface area contributed by atoms with Gasteiger partial charge in [-0.2, -0.15) is 5.26 Å². The lowest BCUT2D eigenvalue weighted by Crippen LogP contribution is -2.19. The van der Waals surface area contributed by atoms with Crippen LogP contribution in [0.5, 0.6) is 5.75 Å². The Balaban J connectivity index is 3.35. The van der Waals surface area contributed by atoms with Crippen molar-refractivity contribution in [3.8, 4) is 11.8 Å². The van der Waals surface area contributed by atoms with Gasteiger partial charge < -0.3 is 9.47 Å². The first-order valence-corrected chi connectivity index (χ1v) is 4.67. The van der Waals surface area contributed by atoms with Crippen molar-refractivity contribution in [1.29, 1.82) is 5.26 Å². The van der Waals surface area contributed by atoms with Gasteiger partial charge >= 0.3 is 12.3 Å². The second kappa shape index (κ2) is 4.96. The van der Waals surface area contributed by atoms with Crippen LogP contribution in [0.15, 0.2) is 12.1 Å². The summed E-state index contributed by atoms with van der Waals surface area (Å²) in [5.74, 6) is -1.43. The number of methoxy groups -OCH3 is 1. The smallest absolute Gasteiger partial charge is 0.465 e. The van der Waals surface area contributed by atoms with Gasteiger partial charge in [-0.05, 0) is 19.1 Å². The number of carbonyl (C=O) groups is 1. The van der Waals surface area contributed by atoms with Crippen molar-refractivity contribution in [3.05, 3.63) is 28.8 Å². The molecule has 0 saturated carbocycles. The number of alkyl halides is 3. The molecule has 0 heterocycles. The molecule has 0 amide bonds. The Kier molecular flexibility index (Phi) is 3.81. The van der Waals surface area contributed by atoms with Crippen LogP contribution in [0.3, 0.4) is 0 Å². The van der Waals surface area contributed by atoms with E-state index in [0.717, 1.165) is 19.2 Å². The van der Waals surface area contributed by atoms with Gasteiger partial charge in [0.1, 0.15) is 5.75 Å². The first-order valence-electron chi connectivity index (χ1n) is 4.67. The molecule has 18 heavy (non-hydrogen) atoms. The molecule has 0 aliphatic rings. The van der Waals surface area contributed by atoms with E-state index in [2.05, 4.69) is 9.47 Å². The minimum absolute atomic E-state index is 0.0434. The SMILES string of the molecule is COC(=O)c1cc(C#N)cc(OC(F)(F)F)c1C. The Hall–Kier alpha value is -2.23. The highest BCUT2D eigenvalue weighted by Crippen LogP contribution is 2.29. The Morgan fingerprint density at radius 3 is 2.44 bits per heavy atom. The van der Waals surface area contributed by atoms with E-state index in [-0.39, 0.29) is 16.7 Å². The van der Waals surface area contributed by atoms with Crippen molar-refractivity contribution in [2.24, 2.45) is 0 Å². The molecule has 0 aliphatic carbocycles. The number of carbonyl (C=O) groups excluding carboxylic acids is 1. The van der Waals surface area contributed by atoms with Gasteiger partial charge in [0.25, 0.3) is 0 Å². The fourth-order valence-electron chi connectivity index (χ4n) is 1.30. The van der Waals surface area contributed by atoms with Crippen LogP contribution in [0.25, 0.3) is 0 Å². The number of benzene rings is 1. The molecule has 0 saturated heterocycles. The zero-order valence-electron chi connectivity index (χ0n) is 9.46. The molecular weight excluding hydrogens is 251 g/mol. The molecular formula is C11H8F3NO3. The van der Waals surface area contributed by atoms with E-state index in [9.17, 15) is 18.0 Å². The van der Waals surface area contributed by atoms with Crippen LogP contribution in [0.2, 0.25) is 0 Å². The van der Waals surface area contributed by atoms with Crippen LogP contribution in [-0.2, 0) is 4.74 Å². The fraction of sp³-hybridized carbons (Fsp3) is 0.273. The van der Waals surface area contributed by atoms with Gasteiger partial charge in [0, 0.05) is 5.56 Å². The number of hydrogen-bond acceptors (Lipinski definition) is 4. The Morgan fingerprint density at radius 2 is 2.00 bits per heavy atom.